The zero-order valence-corrected chi connectivity index (χ0v) is 18.0. The Hall–Kier alpha value is -2.43. The number of ether oxygens (including phenoxy) is 1. The highest BCUT2D eigenvalue weighted by atomic mass is 19.3. The number of nitrogens with zero attached hydrogens (tertiary/aromatic N) is 1. The van der Waals surface area contributed by atoms with E-state index in [0.717, 1.165) is 60.3 Å². The van der Waals surface area contributed by atoms with Crippen molar-refractivity contribution in [3.63, 3.8) is 0 Å². The van der Waals surface area contributed by atoms with Gasteiger partial charge in [-0.3, -0.25) is 4.99 Å². The lowest BCUT2D eigenvalue weighted by molar-refractivity contribution is -0.0494. The van der Waals surface area contributed by atoms with Crippen molar-refractivity contribution in [1.29, 1.82) is 0 Å². The summed E-state index contributed by atoms with van der Waals surface area (Å²) in [6.07, 6.45) is 3.67. The molecule has 1 aliphatic carbocycles. The fraction of sp³-hybridized carbons (Fsp3) is 0.480. The van der Waals surface area contributed by atoms with E-state index in [4.69, 9.17) is 9.73 Å². The van der Waals surface area contributed by atoms with Gasteiger partial charge in [0.25, 0.3) is 0 Å². The molecule has 1 N–H and O–H groups in total. The molecule has 30 heavy (non-hydrogen) atoms. The van der Waals surface area contributed by atoms with Crippen molar-refractivity contribution in [3.8, 4) is 5.75 Å². The van der Waals surface area contributed by atoms with Gasteiger partial charge < -0.3 is 10.1 Å². The zero-order chi connectivity index (χ0) is 21.3. The summed E-state index contributed by atoms with van der Waals surface area (Å²) in [6, 6.07) is 11.9. The van der Waals surface area contributed by atoms with Crippen LogP contribution in [-0.2, 0) is 19.4 Å². The molecule has 2 aliphatic rings. The monoisotopic (exact) mass is 412 g/mol. The molecule has 5 heteroatoms. The van der Waals surface area contributed by atoms with Crippen LogP contribution in [-0.4, -0.2) is 18.9 Å². The Morgan fingerprint density at radius 3 is 2.60 bits per heavy atom. The quantitative estimate of drug-likeness (QED) is 0.644. The average molecular weight is 413 g/mol. The highest BCUT2D eigenvalue weighted by molar-refractivity contribution is 6.04. The molecule has 3 nitrogen and oxygen atoms in total. The highest BCUT2D eigenvalue weighted by Gasteiger charge is 2.35. The molecule has 0 saturated heterocycles. The molecule has 0 radical (unpaired) electrons. The number of hydrogen-bond donors (Lipinski definition) is 1. The number of halogens is 2. The normalized spacial score (nSPS) is 19.9. The molecule has 2 aromatic rings. The van der Waals surface area contributed by atoms with Crippen LogP contribution in [0.15, 0.2) is 41.4 Å². The minimum absolute atomic E-state index is 0.137. The van der Waals surface area contributed by atoms with E-state index in [1.165, 1.54) is 5.56 Å². The van der Waals surface area contributed by atoms with Gasteiger partial charge in [-0.15, -0.1) is 0 Å². The summed E-state index contributed by atoms with van der Waals surface area (Å²) in [5.41, 5.74) is 6.42. The Kier molecular flexibility index (Phi) is 5.81. The summed E-state index contributed by atoms with van der Waals surface area (Å²) in [5, 5.41) is 3.31. The second-order valence-electron chi connectivity index (χ2n) is 9.38. The Morgan fingerprint density at radius 2 is 1.90 bits per heavy atom. The molecule has 0 fully saturated rings. The lowest BCUT2D eigenvalue weighted by Gasteiger charge is -2.38. The Labute approximate surface area is 177 Å². The molecule has 2 aromatic carbocycles. The van der Waals surface area contributed by atoms with Gasteiger partial charge >= 0.3 is 6.61 Å². The lowest BCUT2D eigenvalue weighted by Crippen LogP contribution is -2.32. The van der Waals surface area contributed by atoms with Gasteiger partial charge in [0, 0.05) is 17.8 Å². The van der Waals surface area contributed by atoms with Crippen LogP contribution in [0, 0.1) is 11.3 Å². The molecule has 1 heterocycles. The smallest absolute Gasteiger partial charge is 0.387 e. The minimum atomic E-state index is -2.84. The van der Waals surface area contributed by atoms with E-state index in [1.807, 2.05) is 18.2 Å². The largest absolute Gasteiger partial charge is 0.433 e. The molecule has 4 rings (SSSR count). The fourth-order valence-electron chi connectivity index (χ4n) is 4.57. The molecule has 0 amide bonds. The van der Waals surface area contributed by atoms with Crippen LogP contribution >= 0.6 is 0 Å². The maximum absolute atomic E-state index is 13.1. The van der Waals surface area contributed by atoms with Crippen LogP contribution in [0.5, 0.6) is 5.75 Å². The molecule has 1 aliphatic heterocycles. The number of alkyl halides is 2. The van der Waals surface area contributed by atoms with Crippen LogP contribution in [0.1, 0.15) is 55.9 Å². The summed E-state index contributed by atoms with van der Waals surface area (Å²) in [5.74, 6) is 0.701. The predicted molar refractivity (Wildman–Crippen MR) is 118 cm³/mol. The topological polar surface area (TPSA) is 33.6 Å². The Balaban J connectivity index is 1.82. The number of nitrogens with one attached hydrogen (secondary N) is 1. The van der Waals surface area contributed by atoms with Crippen LogP contribution < -0.4 is 10.1 Å². The number of anilines is 1. The van der Waals surface area contributed by atoms with Crippen molar-refractivity contribution in [2.24, 2.45) is 16.3 Å². The van der Waals surface area contributed by atoms with Crippen molar-refractivity contribution in [2.45, 2.75) is 59.6 Å². The van der Waals surface area contributed by atoms with Gasteiger partial charge in [-0.1, -0.05) is 51.1 Å². The molecule has 1 atom stereocenters. The molecule has 0 aromatic heterocycles. The van der Waals surface area contributed by atoms with Crippen molar-refractivity contribution >= 4 is 11.4 Å². The van der Waals surface area contributed by atoms with E-state index in [9.17, 15) is 8.78 Å². The van der Waals surface area contributed by atoms with E-state index in [1.54, 1.807) is 6.07 Å². The maximum atomic E-state index is 13.1. The molecule has 0 saturated carbocycles. The molecule has 160 valence electrons. The Bertz CT molecular complexity index is 932. The third kappa shape index (κ3) is 4.35. The van der Waals surface area contributed by atoms with Gasteiger partial charge in [-0.2, -0.15) is 8.78 Å². The summed E-state index contributed by atoms with van der Waals surface area (Å²) in [6.45, 7) is 5.35. The number of rotatable bonds is 4. The summed E-state index contributed by atoms with van der Waals surface area (Å²) in [4.78, 5) is 4.98. The van der Waals surface area contributed by atoms with Gasteiger partial charge in [0.2, 0.25) is 0 Å². The second-order valence-corrected chi connectivity index (χ2v) is 9.38. The highest BCUT2D eigenvalue weighted by Crippen LogP contribution is 2.45. The van der Waals surface area contributed by atoms with Crippen molar-refractivity contribution in [2.75, 3.05) is 11.9 Å². The van der Waals surface area contributed by atoms with Gasteiger partial charge in [0.1, 0.15) is 5.75 Å². The van der Waals surface area contributed by atoms with Gasteiger partial charge in [-0.25, -0.2) is 0 Å². The summed E-state index contributed by atoms with van der Waals surface area (Å²) < 4.78 is 31.2. The fourth-order valence-corrected chi connectivity index (χ4v) is 4.57. The van der Waals surface area contributed by atoms with Gasteiger partial charge in [0.15, 0.2) is 0 Å². The predicted octanol–water partition coefficient (Wildman–Crippen LogP) is 6.24. The third-order valence-corrected chi connectivity index (χ3v) is 6.36. The van der Waals surface area contributed by atoms with Crippen molar-refractivity contribution < 1.29 is 13.5 Å². The average Bonchev–Trinajstić information content (AvgIpc) is 2.72. The third-order valence-electron chi connectivity index (χ3n) is 6.36. The summed E-state index contributed by atoms with van der Waals surface area (Å²) in [7, 11) is 0. The van der Waals surface area contributed by atoms with E-state index in [-0.39, 0.29) is 11.2 Å². The molecule has 1 unspecified atom stereocenters. The van der Waals surface area contributed by atoms with E-state index in [0.29, 0.717) is 12.5 Å². The standard InChI is InChI=1S/C25H30F2N2O/c1-25(2,3)17-12-19-18-10-7-11-28-23(18)22(30-24(26)27)14-20(19)21(13-17)29-15-16-8-5-4-6-9-16/h4-6,8-9,14,17,24,28H,7,10-13,15H2,1-3H3/b29-21+. The SMILES string of the molecule is CC(C)(C)C1C/C(=N\Cc2ccccc2)c2cc(OC(F)F)c3c(c2C1)CCCN3. The summed E-state index contributed by atoms with van der Waals surface area (Å²) >= 11 is 0. The number of aliphatic imine (C=N–C) groups is 1. The second kappa shape index (κ2) is 8.37. The van der Waals surface area contributed by atoms with E-state index < -0.39 is 6.61 Å². The molecule has 0 spiro atoms. The molecule has 0 bridgehead atoms. The Morgan fingerprint density at radius 1 is 1.13 bits per heavy atom. The molecular formula is C25H30F2N2O. The van der Waals surface area contributed by atoms with Crippen molar-refractivity contribution in [3.05, 3.63) is 58.7 Å². The van der Waals surface area contributed by atoms with E-state index in [2.05, 4.69) is 38.2 Å². The molecular weight excluding hydrogens is 382 g/mol. The lowest BCUT2D eigenvalue weighted by atomic mass is 9.68. The van der Waals surface area contributed by atoms with Crippen LogP contribution in [0.2, 0.25) is 0 Å². The maximum Gasteiger partial charge on any atom is 0.387 e. The minimum Gasteiger partial charge on any atom is -0.433 e. The first-order chi connectivity index (χ1) is 14.3. The van der Waals surface area contributed by atoms with Crippen LogP contribution in [0.4, 0.5) is 14.5 Å². The van der Waals surface area contributed by atoms with Gasteiger partial charge in [0.05, 0.1) is 12.2 Å². The van der Waals surface area contributed by atoms with Gasteiger partial charge in [-0.05, 0) is 59.8 Å². The first-order valence-corrected chi connectivity index (χ1v) is 10.8. The first kappa shape index (κ1) is 20.8. The number of benzene rings is 2. The van der Waals surface area contributed by atoms with Crippen LogP contribution in [0.3, 0.4) is 0 Å². The first-order valence-electron chi connectivity index (χ1n) is 10.8. The van der Waals surface area contributed by atoms with E-state index >= 15 is 0 Å². The van der Waals surface area contributed by atoms with Crippen LogP contribution in [0.25, 0.3) is 0 Å². The number of hydrogen-bond acceptors (Lipinski definition) is 3. The number of fused-ring (bicyclic) bond motifs is 3. The van der Waals surface area contributed by atoms with Crippen molar-refractivity contribution in [1.82, 2.24) is 0 Å². The zero-order valence-electron chi connectivity index (χ0n) is 18.0.